The molecule has 3 rings (SSSR count). The number of hydrogen-bond donors (Lipinski definition) is 2. The van der Waals surface area contributed by atoms with Gasteiger partial charge in [-0.2, -0.15) is 0 Å². The number of rotatable bonds is 5. The van der Waals surface area contributed by atoms with Crippen LogP contribution in [-0.4, -0.2) is 17.8 Å². The van der Waals surface area contributed by atoms with E-state index in [0.29, 0.717) is 6.04 Å². The van der Waals surface area contributed by atoms with Gasteiger partial charge in [-0.05, 0) is 35.1 Å². The van der Waals surface area contributed by atoms with Gasteiger partial charge in [-0.1, -0.05) is 55.5 Å². The van der Waals surface area contributed by atoms with Crippen molar-refractivity contribution in [1.29, 1.82) is 0 Å². The average molecular weight is 267 g/mol. The van der Waals surface area contributed by atoms with Crippen molar-refractivity contribution in [1.82, 2.24) is 5.32 Å². The minimum absolute atomic E-state index is 0.238. The Labute approximate surface area is 120 Å². The zero-order chi connectivity index (χ0) is 13.9. The molecule has 0 spiro atoms. The Balaban J connectivity index is 1.98. The van der Waals surface area contributed by atoms with Crippen molar-refractivity contribution in [3.8, 4) is 11.1 Å². The van der Waals surface area contributed by atoms with Crippen LogP contribution in [0.25, 0.3) is 11.1 Å². The molecule has 2 nitrogen and oxygen atoms in total. The second-order valence-electron chi connectivity index (χ2n) is 5.39. The molecule has 1 atom stereocenters. The minimum Gasteiger partial charge on any atom is -0.396 e. The summed E-state index contributed by atoms with van der Waals surface area (Å²) in [5, 5.41) is 12.9. The topological polar surface area (TPSA) is 32.3 Å². The van der Waals surface area contributed by atoms with Crippen LogP contribution in [0.2, 0.25) is 0 Å². The fourth-order valence-corrected chi connectivity index (χ4v) is 3.13. The maximum Gasteiger partial charge on any atom is 0.0591 e. The molecule has 0 radical (unpaired) electrons. The maximum atomic E-state index is 9.19. The molecule has 0 fully saturated rings. The highest BCUT2D eigenvalue weighted by Gasteiger charge is 2.28. The van der Waals surface area contributed by atoms with Crippen LogP contribution >= 0.6 is 0 Å². The monoisotopic (exact) mass is 267 g/mol. The van der Waals surface area contributed by atoms with Crippen LogP contribution in [0.4, 0.5) is 0 Å². The van der Waals surface area contributed by atoms with Crippen molar-refractivity contribution >= 4 is 0 Å². The van der Waals surface area contributed by atoms with E-state index in [4.69, 9.17) is 0 Å². The summed E-state index contributed by atoms with van der Waals surface area (Å²) < 4.78 is 0. The van der Waals surface area contributed by atoms with Gasteiger partial charge in [-0.3, -0.25) is 0 Å². The molecule has 0 saturated heterocycles. The molecule has 1 aliphatic rings. The van der Waals surface area contributed by atoms with Crippen molar-refractivity contribution in [2.24, 2.45) is 0 Å². The Morgan fingerprint density at radius 1 is 1.00 bits per heavy atom. The normalized spacial score (nSPS) is 14.9. The Hall–Kier alpha value is -1.64. The summed E-state index contributed by atoms with van der Waals surface area (Å²) >= 11 is 0. The first-order chi connectivity index (χ1) is 9.85. The molecule has 0 aliphatic heterocycles. The first-order valence-electron chi connectivity index (χ1n) is 7.40. The van der Waals surface area contributed by atoms with E-state index in [1.54, 1.807) is 0 Å². The van der Waals surface area contributed by atoms with E-state index in [-0.39, 0.29) is 12.6 Å². The Bertz CT molecular complexity index is 548. The number of hydrogen-bond acceptors (Lipinski definition) is 2. The van der Waals surface area contributed by atoms with Crippen LogP contribution in [0.3, 0.4) is 0 Å². The molecule has 2 heteroatoms. The van der Waals surface area contributed by atoms with E-state index in [0.717, 1.165) is 12.8 Å². The molecule has 104 valence electrons. The first kappa shape index (κ1) is 13.3. The molecule has 0 amide bonds. The summed E-state index contributed by atoms with van der Waals surface area (Å²) in [5.74, 6) is 0. The Kier molecular flexibility index (Phi) is 3.86. The fourth-order valence-electron chi connectivity index (χ4n) is 3.13. The van der Waals surface area contributed by atoms with Crippen molar-refractivity contribution in [2.75, 3.05) is 6.61 Å². The van der Waals surface area contributed by atoms with Gasteiger partial charge in [-0.25, -0.2) is 0 Å². The van der Waals surface area contributed by atoms with E-state index in [9.17, 15) is 5.11 Å². The number of nitrogens with one attached hydrogen (secondary N) is 1. The molecule has 1 aliphatic carbocycles. The predicted molar refractivity (Wildman–Crippen MR) is 82.6 cm³/mol. The van der Waals surface area contributed by atoms with E-state index in [2.05, 4.69) is 60.8 Å². The van der Waals surface area contributed by atoms with Gasteiger partial charge in [0.25, 0.3) is 0 Å². The molecule has 0 saturated carbocycles. The van der Waals surface area contributed by atoms with E-state index in [1.165, 1.54) is 22.3 Å². The van der Waals surface area contributed by atoms with Gasteiger partial charge in [-0.15, -0.1) is 0 Å². The fraction of sp³-hybridized carbons (Fsp3) is 0.333. The van der Waals surface area contributed by atoms with E-state index in [1.807, 2.05) is 0 Å². The summed E-state index contributed by atoms with van der Waals surface area (Å²) in [6.07, 6.45) is 1.83. The Morgan fingerprint density at radius 3 is 2.05 bits per heavy atom. The predicted octanol–water partition coefficient (Wildman–Crippen LogP) is 3.51. The number of benzene rings is 2. The molecular formula is C18H21NO. The van der Waals surface area contributed by atoms with Gasteiger partial charge in [0.1, 0.15) is 0 Å². The zero-order valence-corrected chi connectivity index (χ0v) is 11.8. The smallest absolute Gasteiger partial charge is 0.0591 e. The largest absolute Gasteiger partial charge is 0.396 e. The van der Waals surface area contributed by atoms with Gasteiger partial charge >= 0.3 is 0 Å². The lowest BCUT2D eigenvalue weighted by molar-refractivity contribution is 0.259. The average Bonchev–Trinajstić information content (AvgIpc) is 2.82. The van der Waals surface area contributed by atoms with Crippen LogP contribution in [-0.2, 0) is 0 Å². The molecule has 2 aromatic carbocycles. The highest BCUT2D eigenvalue weighted by molar-refractivity contribution is 5.78. The summed E-state index contributed by atoms with van der Waals surface area (Å²) in [4.78, 5) is 0. The van der Waals surface area contributed by atoms with Crippen molar-refractivity contribution < 1.29 is 5.11 Å². The third-order valence-electron chi connectivity index (χ3n) is 4.21. The number of fused-ring (bicyclic) bond motifs is 3. The zero-order valence-electron chi connectivity index (χ0n) is 11.8. The van der Waals surface area contributed by atoms with E-state index < -0.39 is 0 Å². The lowest BCUT2D eigenvalue weighted by Crippen LogP contribution is -2.32. The highest BCUT2D eigenvalue weighted by Crippen LogP contribution is 2.43. The quantitative estimate of drug-likeness (QED) is 0.869. The van der Waals surface area contributed by atoms with Gasteiger partial charge in [0, 0.05) is 12.6 Å². The van der Waals surface area contributed by atoms with Crippen molar-refractivity contribution in [2.45, 2.75) is 31.8 Å². The third kappa shape index (κ3) is 2.26. The molecule has 2 aromatic rings. The van der Waals surface area contributed by atoms with Crippen LogP contribution in [0, 0.1) is 0 Å². The standard InChI is InChI=1S/C18H21NO/c1-2-13(11-12-20)19-18-16-9-5-3-7-14(16)15-8-4-6-10-17(15)18/h3-10,13,18-20H,2,11-12H2,1H3. The van der Waals surface area contributed by atoms with Crippen LogP contribution in [0.1, 0.15) is 36.9 Å². The SMILES string of the molecule is CCC(CCO)NC1c2ccccc2-c2ccccc21. The summed E-state index contributed by atoms with van der Waals surface area (Å²) in [6, 6.07) is 17.8. The molecule has 0 heterocycles. The second kappa shape index (κ2) is 5.78. The van der Waals surface area contributed by atoms with Gasteiger partial charge in [0.15, 0.2) is 0 Å². The molecule has 20 heavy (non-hydrogen) atoms. The van der Waals surface area contributed by atoms with Gasteiger partial charge in [0.2, 0.25) is 0 Å². The van der Waals surface area contributed by atoms with Gasteiger partial charge in [0.05, 0.1) is 6.04 Å². The second-order valence-corrected chi connectivity index (χ2v) is 5.39. The molecule has 0 aromatic heterocycles. The van der Waals surface area contributed by atoms with Crippen LogP contribution in [0.15, 0.2) is 48.5 Å². The third-order valence-corrected chi connectivity index (χ3v) is 4.21. The lowest BCUT2D eigenvalue weighted by Gasteiger charge is -2.23. The van der Waals surface area contributed by atoms with Crippen LogP contribution in [0.5, 0.6) is 0 Å². The number of aliphatic hydroxyl groups excluding tert-OH is 1. The minimum atomic E-state index is 0.238. The van der Waals surface area contributed by atoms with Gasteiger partial charge < -0.3 is 10.4 Å². The Morgan fingerprint density at radius 2 is 1.55 bits per heavy atom. The lowest BCUT2D eigenvalue weighted by atomic mass is 10.0. The molecule has 1 unspecified atom stereocenters. The van der Waals surface area contributed by atoms with Crippen molar-refractivity contribution in [3.05, 3.63) is 59.7 Å². The highest BCUT2D eigenvalue weighted by atomic mass is 16.3. The van der Waals surface area contributed by atoms with E-state index >= 15 is 0 Å². The number of aliphatic hydroxyl groups is 1. The van der Waals surface area contributed by atoms with Crippen molar-refractivity contribution in [3.63, 3.8) is 0 Å². The molecule has 2 N–H and O–H groups in total. The summed E-state index contributed by atoms with van der Waals surface area (Å²) in [5.41, 5.74) is 5.37. The van der Waals surface area contributed by atoms with Crippen LogP contribution < -0.4 is 5.32 Å². The first-order valence-corrected chi connectivity index (χ1v) is 7.40. The summed E-state index contributed by atoms with van der Waals surface area (Å²) in [7, 11) is 0. The maximum absolute atomic E-state index is 9.19. The summed E-state index contributed by atoms with van der Waals surface area (Å²) in [6.45, 7) is 2.40. The molecule has 0 bridgehead atoms. The molecular weight excluding hydrogens is 246 g/mol.